The van der Waals surface area contributed by atoms with Crippen LogP contribution < -0.4 is 4.90 Å². The predicted molar refractivity (Wildman–Crippen MR) is 102 cm³/mol. The van der Waals surface area contributed by atoms with Crippen molar-refractivity contribution in [3.05, 3.63) is 40.3 Å². The molecule has 1 unspecified atom stereocenters. The van der Waals surface area contributed by atoms with Crippen molar-refractivity contribution in [2.45, 2.75) is 25.5 Å². The number of morpholine rings is 1. The Labute approximate surface area is 158 Å². The highest BCUT2D eigenvalue weighted by Crippen LogP contribution is 2.33. The molecule has 1 atom stereocenters. The number of anilines is 1. The van der Waals surface area contributed by atoms with Gasteiger partial charge in [0.1, 0.15) is 0 Å². The summed E-state index contributed by atoms with van der Waals surface area (Å²) >= 11 is 1.65. The summed E-state index contributed by atoms with van der Waals surface area (Å²) in [7, 11) is 0. The Morgan fingerprint density at radius 3 is 2.54 bits per heavy atom. The number of hydrogen-bond acceptors (Lipinski definition) is 7. The Kier molecular flexibility index (Phi) is 5.79. The largest absolute Gasteiger partial charge is 0.387 e. The molecule has 0 amide bonds. The van der Waals surface area contributed by atoms with E-state index >= 15 is 0 Å². The minimum Gasteiger partial charge on any atom is -0.387 e. The van der Waals surface area contributed by atoms with Crippen molar-refractivity contribution in [1.29, 1.82) is 0 Å². The molecule has 0 radical (unpaired) electrons. The Balaban J connectivity index is 1.27. The Morgan fingerprint density at radius 1 is 1.15 bits per heavy atom. The van der Waals surface area contributed by atoms with E-state index in [4.69, 9.17) is 4.74 Å². The second-order valence-electron chi connectivity index (χ2n) is 7.06. The molecule has 0 spiro atoms. The number of aromatic nitrogens is 2. The highest BCUT2D eigenvalue weighted by atomic mass is 32.1. The van der Waals surface area contributed by atoms with Crippen molar-refractivity contribution >= 4 is 17.3 Å². The zero-order valence-corrected chi connectivity index (χ0v) is 15.8. The maximum atomic E-state index is 10.5. The molecule has 0 aliphatic carbocycles. The average Bonchev–Trinajstić information content (AvgIpc) is 3.24. The standard InChI is InChI=1S/C19H26N4O2S/c24-18(17-2-1-11-26-17)16-3-5-22(6-4-16)14-15-12-20-19(21-13-15)23-7-9-25-10-8-23/h1-2,11-13,16,18,24H,3-10,14H2. The van der Waals surface area contributed by atoms with Crippen molar-refractivity contribution in [3.8, 4) is 0 Å². The third-order valence-electron chi connectivity index (χ3n) is 5.31. The molecule has 4 heterocycles. The first kappa shape index (κ1) is 17.9. The van der Waals surface area contributed by atoms with Crippen LogP contribution in [0.5, 0.6) is 0 Å². The van der Waals surface area contributed by atoms with Crippen LogP contribution in [-0.4, -0.2) is 59.4 Å². The van der Waals surface area contributed by atoms with Gasteiger partial charge in [0, 0.05) is 42.5 Å². The number of hydrogen-bond donors (Lipinski definition) is 1. The molecule has 6 nitrogen and oxygen atoms in total. The average molecular weight is 375 g/mol. The normalized spacial score (nSPS) is 21.0. The Hall–Kier alpha value is -1.54. The molecule has 2 fully saturated rings. The van der Waals surface area contributed by atoms with E-state index in [1.165, 1.54) is 0 Å². The molecule has 0 saturated carbocycles. The van der Waals surface area contributed by atoms with Crippen molar-refractivity contribution in [2.75, 3.05) is 44.3 Å². The van der Waals surface area contributed by atoms with Gasteiger partial charge in [-0.2, -0.15) is 0 Å². The van der Waals surface area contributed by atoms with Gasteiger partial charge in [-0.15, -0.1) is 11.3 Å². The maximum Gasteiger partial charge on any atom is 0.225 e. The molecule has 26 heavy (non-hydrogen) atoms. The summed E-state index contributed by atoms with van der Waals surface area (Å²) in [6.45, 7) is 6.12. The van der Waals surface area contributed by atoms with Crippen LogP contribution in [0.1, 0.15) is 29.4 Å². The number of aliphatic hydroxyl groups is 1. The van der Waals surface area contributed by atoms with Crippen LogP contribution in [0.2, 0.25) is 0 Å². The van der Waals surface area contributed by atoms with Gasteiger partial charge in [-0.25, -0.2) is 9.97 Å². The number of aliphatic hydroxyl groups excluding tert-OH is 1. The smallest absolute Gasteiger partial charge is 0.225 e. The lowest BCUT2D eigenvalue weighted by Crippen LogP contribution is -2.37. The van der Waals surface area contributed by atoms with Gasteiger partial charge < -0.3 is 14.7 Å². The first-order valence-electron chi connectivity index (χ1n) is 9.37. The van der Waals surface area contributed by atoms with E-state index in [-0.39, 0.29) is 6.10 Å². The predicted octanol–water partition coefficient (Wildman–Crippen LogP) is 2.32. The zero-order valence-electron chi connectivity index (χ0n) is 15.0. The molecule has 4 rings (SSSR count). The van der Waals surface area contributed by atoms with E-state index in [1.54, 1.807) is 11.3 Å². The molecule has 2 aliphatic rings. The van der Waals surface area contributed by atoms with Gasteiger partial charge in [0.2, 0.25) is 5.95 Å². The van der Waals surface area contributed by atoms with E-state index in [1.807, 2.05) is 29.9 Å². The number of nitrogens with zero attached hydrogens (tertiary/aromatic N) is 4. The van der Waals surface area contributed by atoms with Gasteiger partial charge in [0.05, 0.1) is 19.3 Å². The molecule has 7 heteroatoms. The molecule has 1 N–H and O–H groups in total. The number of thiophene rings is 1. The molecule has 2 aliphatic heterocycles. The molecule has 0 bridgehead atoms. The van der Waals surface area contributed by atoms with E-state index in [2.05, 4.69) is 19.8 Å². The summed E-state index contributed by atoms with van der Waals surface area (Å²) in [5, 5.41) is 12.6. The lowest BCUT2D eigenvalue weighted by molar-refractivity contribution is 0.0590. The summed E-state index contributed by atoms with van der Waals surface area (Å²) in [4.78, 5) is 14.8. The van der Waals surface area contributed by atoms with Gasteiger partial charge in [-0.1, -0.05) is 6.07 Å². The van der Waals surface area contributed by atoms with E-state index in [9.17, 15) is 5.11 Å². The van der Waals surface area contributed by atoms with Crippen molar-refractivity contribution < 1.29 is 9.84 Å². The van der Waals surface area contributed by atoms with Gasteiger partial charge in [0.15, 0.2) is 0 Å². The first-order chi connectivity index (χ1) is 12.8. The molecule has 2 aromatic rings. The van der Waals surface area contributed by atoms with Crippen LogP contribution in [0.3, 0.4) is 0 Å². The van der Waals surface area contributed by atoms with E-state index in [0.717, 1.165) is 75.2 Å². The van der Waals surface area contributed by atoms with Crippen molar-refractivity contribution in [3.63, 3.8) is 0 Å². The number of piperidine rings is 1. The van der Waals surface area contributed by atoms with Crippen LogP contribution in [0.25, 0.3) is 0 Å². The lowest BCUT2D eigenvalue weighted by atomic mass is 9.90. The van der Waals surface area contributed by atoms with Crippen LogP contribution in [0, 0.1) is 5.92 Å². The fourth-order valence-corrected chi connectivity index (χ4v) is 4.54. The molecule has 0 aromatic carbocycles. The minimum atomic E-state index is -0.312. The van der Waals surface area contributed by atoms with Crippen LogP contribution in [0.4, 0.5) is 5.95 Å². The molecule has 140 valence electrons. The lowest BCUT2D eigenvalue weighted by Gasteiger charge is -2.34. The zero-order chi connectivity index (χ0) is 17.8. The van der Waals surface area contributed by atoms with Crippen LogP contribution in [-0.2, 0) is 11.3 Å². The van der Waals surface area contributed by atoms with Gasteiger partial charge in [-0.05, 0) is 43.3 Å². The third kappa shape index (κ3) is 4.23. The Bertz CT molecular complexity index is 665. The van der Waals surface area contributed by atoms with Crippen LogP contribution >= 0.6 is 11.3 Å². The van der Waals surface area contributed by atoms with Gasteiger partial charge in [-0.3, -0.25) is 4.90 Å². The monoisotopic (exact) mass is 374 g/mol. The SMILES string of the molecule is OC(c1cccs1)C1CCN(Cc2cnc(N3CCOCC3)nc2)CC1. The fourth-order valence-electron chi connectivity index (χ4n) is 3.73. The molecular formula is C19H26N4O2S. The highest BCUT2D eigenvalue weighted by Gasteiger charge is 2.26. The second kappa shape index (κ2) is 8.43. The fraction of sp³-hybridized carbons (Fsp3) is 0.579. The van der Waals surface area contributed by atoms with E-state index in [0.29, 0.717) is 5.92 Å². The highest BCUT2D eigenvalue weighted by molar-refractivity contribution is 7.10. The summed E-state index contributed by atoms with van der Waals surface area (Å²) in [5.74, 6) is 1.17. The minimum absolute atomic E-state index is 0.312. The number of rotatable bonds is 5. The molecular weight excluding hydrogens is 348 g/mol. The second-order valence-corrected chi connectivity index (χ2v) is 8.04. The van der Waals surface area contributed by atoms with Crippen molar-refractivity contribution in [2.24, 2.45) is 5.92 Å². The number of ether oxygens (including phenoxy) is 1. The van der Waals surface area contributed by atoms with E-state index < -0.39 is 0 Å². The summed E-state index contributed by atoms with van der Waals surface area (Å²) < 4.78 is 5.37. The molecule has 2 saturated heterocycles. The number of likely N-dealkylation sites (tertiary alicyclic amines) is 1. The topological polar surface area (TPSA) is 61.7 Å². The summed E-state index contributed by atoms with van der Waals surface area (Å²) in [6.07, 6.45) is 5.65. The van der Waals surface area contributed by atoms with Crippen LogP contribution in [0.15, 0.2) is 29.9 Å². The summed E-state index contributed by atoms with van der Waals surface area (Å²) in [5.41, 5.74) is 1.15. The first-order valence-corrected chi connectivity index (χ1v) is 10.2. The van der Waals surface area contributed by atoms with Crippen molar-refractivity contribution in [1.82, 2.24) is 14.9 Å². The Morgan fingerprint density at radius 2 is 1.88 bits per heavy atom. The van der Waals surface area contributed by atoms with Gasteiger partial charge >= 0.3 is 0 Å². The third-order valence-corrected chi connectivity index (χ3v) is 6.25. The molecule has 2 aromatic heterocycles. The maximum absolute atomic E-state index is 10.5. The summed E-state index contributed by atoms with van der Waals surface area (Å²) in [6, 6.07) is 4.05. The quantitative estimate of drug-likeness (QED) is 0.867. The van der Waals surface area contributed by atoms with Gasteiger partial charge in [0.25, 0.3) is 0 Å².